The van der Waals surface area contributed by atoms with E-state index in [0.29, 0.717) is 0 Å². The molecule has 0 bridgehead atoms. The van der Waals surface area contributed by atoms with E-state index in [1.165, 1.54) is 134 Å². The molecule has 0 atom stereocenters. The molecular weight excluding hydrogens is 1440 g/mol. The third kappa shape index (κ3) is 11.9. The number of hydrogen-bond donors (Lipinski definition) is 0. The van der Waals surface area contributed by atoms with Crippen molar-refractivity contribution in [3.05, 3.63) is 437 Å². The SMILES string of the molecule is c1ccc(-c2ccc(-c3c(N(c4ccc(-c5ccc(-c6ccc(-c7ccc(-c8ccccc8-c8c(N(c9ccc(-c%10cccc(-c%11ccccc%11)c%10)cc9)c9cccc%10c9sc9ccccc9%10)c9ccccc9c9ccccc89)cc7)cc6)cc5)cc4)c4cccc5c4sc4ccccc45)c4ccccc4c4ccccc34)cc2)cc1. The molecule has 20 aromatic carbocycles. The van der Waals surface area contributed by atoms with Crippen LogP contribution in [0.4, 0.5) is 34.1 Å². The lowest BCUT2D eigenvalue weighted by atomic mass is 9.86. The molecule has 22 aromatic rings. The van der Waals surface area contributed by atoms with Crippen molar-refractivity contribution in [2.45, 2.75) is 0 Å². The average Bonchev–Trinajstić information content (AvgIpc) is 1.02. The zero-order valence-corrected chi connectivity index (χ0v) is 64.9. The summed E-state index contributed by atoms with van der Waals surface area (Å²) in [6.07, 6.45) is 0. The lowest BCUT2D eigenvalue weighted by Gasteiger charge is -2.31. The molecular formula is C112H72N2S2. The molecule has 0 N–H and O–H groups in total. The van der Waals surface area contributed by atoms with Gasteiger partial charge in [0.1, 0.15) is 0 Å². The Bertz CT molecular complexity index is 7510. The quantitative estimate of drug-likeness (QED) is 0.0944. The minimum absolute atomic E-state index is 1.08. The summed E-state index contributed by atoms with van der Waals surface area (Å²) >= 11 is 3.74. The number of benzene rings is 20. The maximum Gasteiger partial charge on any atom is 0.0640 e. The van der Waals surface area contributed by atoms with E-state index < -0.39 is 0 Å². The summed E-state index contributed by atoms with van der Waals surface area (Å²) in [4.78, 5) is 5.12. The van der Waals surface area contributed by atoms with Crippen molar-refractivity contribution in [3.8, 4) is 100 Å². The third-order valence-electron chi connectivity index (χ3n) is 23.5. The molecule has 22 rings (SSSR count). The van der Waals surface area contributed by atoms with Crippen LogP contribution < -0.4 is 9.80 Å². The standard InChI is InChI=1S/C112H72N2S2/c1-3-24-73(25-4-1)75-58-62-84(63-59-75)107-97-38-13-8-31-90(97)92-33-10-15-40-99(92)109(107)113(103-44-22-42-101-94-35-17-19-46-105(94)115-111(101)103)87-68-64-81(65-69-87)79-54-52-77(53-55-79)76-48-50-78(51-49-76)80-56-60-83(61-57-80)89-30-7-12-37-96(89)108-98-39-14-9-32-91(98)93-34-11-16-41-100(93)110(108)114(104-45-23-43-102-95-36-18-20-47-106(95)116-112(102)104)88-70-66-82(67-71-88)86-29-21-28-85(72-86)74-26-5-2-6-27-74/h1-72H. The predicted molar refractivity (Wildman–Crippen MR) is 501 cm³/mol. The number of rotatable bonds is 15. The van der Waals surface area contributed by atoms with E-state index in [0.717, 1.165) is 84.2 Å². The van der Waals surface area contributed by atoms with E-state index in [4.69, 9.17) is 0 Å². The normalized spacial score (nSPS) is 11.6. The van der Waals surface area contributed by atoms with Crippen LogP contribution in [0.1, 0.15) is 0 Å². The highest BCUT2D eigenvalue weighted by Crippen LogP contribution is 2.56. The van der Waals surface area contributed by atoms with E-state index >= 15 is 0 Å². The Morgan fingerprint density at radius 2 is 0.422 bits per heavy atom. The Hall–Kier alpha value is -14.5. The van der Waals surface area contributed by atoms with Gasteiger partial charge >= 0.3 is 0 Å². The van der Waals surface area contributed by atoms with Crippen LogP contribution in [0.25, 0.3) is 184 Å². The molecule has 0 aliphatic carbocycles. The average molecular weight is 1510 g/mol. The summed E-state index contributed by atoms with van der Waals surface area (Å²) in [5.74, 6) is 0. The summed E-state index contributed by atoms with van der Waals surface area (Å²) in [5.41, 5.74) is 27.9. The molecule has 0 fully saturated rings. The first-order chi connectivity index (χ1) is 57.5. The fourth-order valence-electron chi connectivity index (χ4n) is 17.9. The van der Waals surface area contributed by atoms with E-state index in [1.807, 2.05) is 22.7 Å². The van der Waals surface area contributed by atoms with Gasteiger partial charge in [0.2, 0.25) is 0 Å². The maximum absolute atomic E-state index is 2.57. The summed E-state index contributed by atoms with van der Waals surface area (Å²) in [6, 6.07) is 162. The summed E-state index contributed by atoms with van der Waals surface area (Å²) < 4.78 is 5.04. The van der Waals surface area contributed by atoms with Gasteiger partial charge in [-0.3, -0.25) is 0 Å². The highest BCUT2D eigenvalue weighted by Gasteiger charge is 2.30. The van der Waals surface area contributed by atoms with Gasteiger partial charge in [-0.05, 0) is 176 Å². The molecule has 0 saturated carbocycles. The number of hydrogen-bond acceptors (Lipinski definition) is 4. The molecule has 2 nitrogen and oxygen atoms in total. The van der Waals surface area contributed by atoms with E-state index in [9.17, 15) is 0 Å². The molecule has 542 valence electrons. The minimum atomic E-state index is 1.08. The van der Waals surface area contributed by atoms with Crippen LogP contribution in [-0.2, 0) is 0 Å². The smallest absolute Gasteiger partial charge is 0.0640 e. The first-order valence-electron chi connectivity index (χ1n) is 39.8. The van der Waals surface area contributed by atoms with Crippen LogP contribution in [-0.4, -0.2) is 0 Å². The topological polar surface area (TPSA) is 6.48 Å². The van der Waals surface area contributed by atoms with E-state index in [2.05, 4.69) is 447 Å². The zero-order valence-electron chi connectivity index (χ0n) is 63.3. The van der Waals surface area contributed by atoms with Crippen LogP contribution in [0.15, 0.2) is 437 Å². The molecule has 4 heteroatoms. The Labute approximate surface area is 681 Å². The molecule has 0 amide bonds. The van der Waals surface area contributed by atoms with Crippen LogP contribution in [0.5, 0.6) is 0 Å². The first-order valence-corrected chi connectivity index (χ1v) is 41.4. The Kier molecular flexibility index (Phi) is 17.0. The third-order valence-corrected chi connectivity index (χ3v) is 25.9. The fraction of sp³-hybridized carbons (Fsp3) is 0. The van der Waals surface area contributed by atoms with Crippen LogP contribution in [0.2, 0.25) is 0 Å². The zero-order chi connectivity index (χ0) is 76.6. The maximum atomic E-state index is 2.57. The fourth-order valence-corrected chi connectivity index (χ4v) is 20.4. The second-order valence-corrected chi connectivity index (χ2v) is 32.2. The van der Waals surface area contributed by atoms with Crippen LogP contribution in [0.3, 0.4) is 0 Å². The van der Waals surface area contributed by atoms with Crippen molar-refractivity contribution in [2.75, 3.05) is 9.80 Å². The second kappa shape index (κ2) is 28.9. The molecule has 0 saturated heterocycles. The van der Waals surface area contributed by atoms with Crippen molar-refractivity contribution >= 4 is 140 Å². The van der Waals surface area contributed by atoms with Gasteiger partial charge in [-0.15, -0.1) is 22.7 Å². The van der Waals surface area contributed by atoms with Gasteiger partial charge in [-0.25, -0.2) is 0 Å². The van der Waals surface area contributed by atoms with Crippen LogP contribution in [0, 0.1) is 0 Å². The van der Waals surface area contributed by atoms with Gasteiger partial charge in [-0.1, -0.05) is 382 Å². The van der Waals surface area contributed by atoms with Crippen molar-refractivity contribution in [1.29, 1.82) is 0 Å². The van der Waals surface area contributed by atoms with Gasteiger partial charge in [0.15, 0.2) is 0 Å². The number of thiophene rings is 2. The lowest BCUT2D eigenvalue weighted by molar-refractivity contribution is 1.32. The molecule has 116 heavy (non-hydrogen) atoms. The minimum Gasteiger partial charge on any atom is -0.308 e. The Balaban J connectivity index is 0.597. The van der Waals surface area contributed by atoms with Crippen molar-refractivity contribution in [1.82, 2.24) is 0 Å². The Morgan fingerprint density at radius 1 is 0.155 bits per heavy atom. The molecule has 2 aromatic heterocycles. The van der Waals surface area contributed by atoms with E-state index in [1.54, 1.807) is 0 Å². The van der Waals surface area contributed by atoms with Crippen molar-refractivity contribution in [2.24, 2.45) is 0 Å². The summed E-state index contributed by atoms with van der Waals surface area (Å²) in [6.45, 7) is 0. The molecule has 0 spiro atoms. The van der Waals surface area contributed by atoms with Gasteiger partial charge in [0, 0.05) is 64.2 Å². The molecule has 2 heterocycles. The first kappa shape index (κ1) is 68.3. The molecule has 0 aliphatic heterocycles. The number of anilines is 6. The molecule has 0 aliphatic rings. The van der Waals surface area contributed by atoms with Gasteiger partial charge < -0.3 is 9.80 Å². The van der Waals surface area contributed by atoms with Crippen LogP contribution >= 0.6 is 22.7 Å². The second-order valence-electron chi connectivity index (χ2n) is 30.1. The molecule has 0 radical (unpaired) electrons. The van der Waals surface area contributed by atoms with Gasteiger partial charge in [-0.2, -0.15) is 0 Å². The van der Waals surface area contributed by atoms with Crippen molar-refractivity contribution < 1.29 is 0 Å². The number of nitrogens with zero attached hydrogens (tertiary/aromatic N) is 2. The predicted octanol–water partition coefficient (Wildman–Crippen LogP) is 33.0. The van der Waals surface area contributed by atoms with Crippen molar-refractivity contribution in [3.63, 3.8) is 0 Å². The highest BCUT2D eigenvalue weighted by atomic mass is 32.1. The van der Waals surface area contributed by atoms with E-state index in [-0.39, 0.29) is 0 Å². The summed E-state index contributed by atoms with van der Waals surface area (Å²) in [7, 11) is 0. The number of fused-ring (bicyclic) bond motifs is 12. The monoisotopic (exact) mass is 1510 g/mol. The van der Waals surface area contributed by atoms with Gasteiger partial charge in [0.05, 0.1) is 32.1 Å². The highest BCUT2D eigenvalue weighted by molar-refractivity contribution is 7.26. The Morgan fingerprint density at radius 3 is 0.853 bits per heavy atom. The molecule has 0 unspecified atom stereocenters. The largest absolute Gasteiger partial charge is 0.308 e. The lowest BCUT2D eigenvalue weighted by Crippen LogP contribution is -2.12. The van der Waals surface area contributed by atoms with Gasteiger partial charge in [0.25, 0.3) is 0 Å². The summed E-state index contributed by atoms with van der Waals surface area (Å²) in [5, 5.41) is 14.7.